The summed E-state index contributed by atoms with van der Waals surface area (Å²) in [5, 5.41) is 15.2. The third-order valence-electron chi connectivity index (χ3n) is 4.40. The molecule has 5 nitrogen and oxygen atoms in total. The molecule has 0 radical (unpaired) electrons. The van der Waals surface area contributed by atoms with E-state index in [4.69, 9.17) is 16.3 Å². The number of hydrogen-bond acceptors (Lipinski definition) is 4. The average molecular weight is 350 g/mol. The number of aryl methyl sites for hydroxylation is 1. The van der Waals surface area contributed by atoms with Crippen molar-refractivity contribution in [1.82, 2.24) is 14.7 Å². The van der Waals surface area contributed by atoms with Crippen LogP contribution in [-0.2, 0) is 0 Å². The molecule has 0 spiro atoms. The van der Waals surface area contributed by atoms with E-state index in [9.17, 15) is 5.11 Å². The molecule has 6 heteroatoms. The molecule has 1 aliphatic rings. The van der Waals surface area contributed by atoms with Gasteiger partial charge >= 0.3 is 0 Å². The molecular weight excluding hydrogens is 326 g/mol. The summed E-state index contributed by atoms with van der Waals surface area (Å²) in [5.41, 5.74) is 1.16. The Labute approximate surface area is 147 Å². The van der Waals surface area contributed by atoms with Gasteiger partial charge in [0.1, 0.15) is 18.5 Å². The topological polar surface area (TPSA) is 50.5 Å². The van der Waals surface area contributed by atoms with Gasteiger partial charge < -0.3 is 14.7 Å². The minimum atomic E-state index is -0.485. The molecule has 1 atom stereocenters. The van der Waals surface area contributed by atoms with Gasteiger partial charge in [-0.05, 0) is 37.5 Å². The maximum absolute atomic E-state index is 10.2. The summed E-state index contributed by atoms with van der Waals surface area (Å²) in [5.74, 6) is 0.809. The summed E-state index contributed by atoms with van der Waals surface area (Å²) in [4.78, 5) is 2.28. The van der Waals surface area contributed by atoms with Crippen molar-refractivity contribution in [3.05, 3.63) is 47.2 Å². The van der Waals surface area contributed by atoms with E-state index >= 15 is 0 Å². The Morgan fingerprint density at radius 3 is 2.83 bits per heavy atom. The molecule has 0 saturated carbocycles. The molecular formula is C18H24ClN3O2. The van der Waals surface area contributed by atoms with Crippen molar-refractivity contribution in [2.24, 2.45) is 0 Å². The molecule has 1 aromatic carbocycles. The number of β-amino-alcohol motifs (C(OH)–C–C–N with tert-alkyl or cyclic N) is 1. The summed E-state index contributed by atoms with van der Waals surface area (Å²) < 4.78 is 7.63. The number of nitrogens with zero attached hydrogens (tertiary/aromatic N) is 3. The first-order chi connectivity index (χ1) is 11.6. The highest BCUT2D eigenvalue weighted by molar-refractivity contribution is 6.30. The fourth-order valence-corrected chi connectivity index (χ4v) is 3.27. The van der Waals surface area contributed by atoms with Gasteiger partial charge in [0.15, 0.2) is 0 Å². The maximum Gasteiger partial charge on any atom is 0.119 e. The SMILES string of the molecule is Cc1cccc(OCC(O)CN2CCC(n3cc(Cl)cn3)CC2)c1. The smallest absolute Gasteiger partial charge is 0.119 e. The van der Waals surface area contributed by atoms with Gasteiger partial charge in [-0.3, -0.25) is 4.68 Å². The molecule has 0 amide bonds. The van der Waals surface area contributed by atoms with Crippen LogP contribution < -0.4 is 4.74 Å². The number of rotatable bonds is 6. The van der Waals surface area contributed by atoms with Crippen LogP contribution in [0.3, 0.4) is 0 Å². The lowest BCUT2D eigenvalue weighted by molar-refractivity contribution is 0.0550. The minimum Gasteiger partial charge on any atom is -0.491 e. The van der Waals surface area contributed by atoms with Crippen molar-refractivity contribution in [2.45, 2.75) is 31.9 Å². The zero-order valence-electron chi connectivity index (χ0n) is 13.9. The van der Waals surface area contributed by atoms with Crippen LogP contribution in [-0.4, -0.2) is 52.1 Å². The molecule has 2 heterocycles. The maximum atomic E-state index is 10.2. The highest BCUT2D eigenvalue weighted by Gasteiger charge is 2.22. The quantitative estimate of drug-likeness (QED) is 0.871. The summed E-state index contributed by atoms with van der Waals surface area (Å²) in [6, 6.07) is 8.28. The summed E-state index contributed by atoms with van der Waals surface area (Å²) in [6.45, 7) is 4.88. The molecule has 1 N–H and O–H groups in total. The first-order valence-corrected chi connectivity index (χ1v) is 8.77. The number of piperidine rings is 1. The molecule has 130 valence electrons. The normalized spacial score (nSPS) is 17.8. The van der Waals surface area contributed by atoms with Crippen LogP contribution in [0.25, 0.3) is 0 Å². The third-order valence-corrected chi connectivity index (χ3v) is 4.60. The van der Waals surface area contributed by atoms with Crippen LogP contribution >= 0.6 is 11.6 Å². The van der Waals surface area contributed by atoms with Crippen molar-refractivity contribution in [3.8, 4) is 5.75 Å². The van der Waals surface area contributed by atoms with Crippen LogP contribution in [0.1, 0.15) is 24.4 Å². The Kier molecular flexibility index (Phi) is 5.76. The Morgan fingerprint density at radius 2 is 2.17 bits per heavy atom. The molecule has 1 aliphatic heterocycles. The van der Waals surface area contributed by atoms with Gasteiger partial charge in [0, 0.05) is 25.8 Å². The number of aliphatic hydroxyl groups excluding tert-OH is 1. The highest BCUT2D eigenvalue weighted by atomic mass is 35.5. The lowest BCUT2D eigenvalue weighted by Gasteiger charge is -2.33. The van der Waals surface area contributed by atoms with E-state index in [0.29, 0.717) is 24.2 Å². The number of aliphatic hydroxyl groups is 1. The fourth-order valence-electron chi connectivity index (χ4n) is 3.13. The second-order valence-electron chi connectivity index (χ2n) is 6.45. The second kappa shape index (κ2) is 8.01. The van der Waals surface area contributed by atoms with Crippen LogP contribution in [0.4, 0.5) is 0 Å². The predicted octanol–water partition coefficient (Wildman–Crippen LogP) is 2.92. The van der Waals surface area contributed by atoms with Crippen molar-refractivity contribution < 1.29 is 9.84 Å². The van der Waals surface area contributed by atoms with E-state index < -0.39 is 6.10 Å². The van der Waals surface area contributed by atoms with Gasteiger partial charge in [-0.2, -0.15) is 5.10 Å². The monoisotopic (exact) mass is 349 g/mol. The van der Waals surface area contributed by atoms with E-state index in [-0.39, 0.29) is 0 Å². The number of benzene rings is 1. The molecule has 0 bridgehead atoms. The number of ether oxygens (including phenoxy) is 1. The lowest BCUT2D eigenvalue weighted by Crippen LogP contribution is -2.41. The van der Waals surface area contributed by atoms with E-state index in [2.05, 4.69) is 10.00 Å². The van der Waals surface area contributed by atoms with Gasteiger partial charge in [0.05, 0.1) is 17.3 Å². The second-order valence-corrected chi connectivity index (χ2v) is 6.89. The Hall–Kier alpha value is -1.56. The molecule has 1 fully saturated rings. The van der Waals surface area contributed by atoms with Gasteiger partial charge in [-0.25, -0.2) is 0 Å². The number of hydrogen-bond donors (Lipinski definition) is 1. The Bertz CT molecular complexity index is 653. The van der Waals surface area contributed by atoms with E-state index in [0.717, 1.165) is 37.2 Å². The zero-order chi connectivity index (χ0) is 16.9. The average Bonchev–Trinajstić information content (AvgIpc) is 3.00. The van der Waals surface area contributed by atoms with Crippen molar-refractivity contribution in [3.63, 3.8) is 0 Å². The van der Waals surface area contributed by atoms with Crippen LogP contribution in [0.15, 0.2) is 36.7 Å². The third kappa shape index (κ3) is 4.72. The van der Waals surface area contributed by atoms with Crippen LogP contribution in [0.5, 0.6) is 5.75 Å². The van der Waals surface area contributed by atoms with Crippen molar-refractivity contribution in [1.29, 1.82) is 0 Å². The summed E-state index contributed by atoms with van der Waals surface area (Å²) in [6.07, 6.45) is 5.11. The zero-order valence-corrected chi connectivity index (χ0v) is 14.7. The number of aromatic nitrogens is 2. The summed E-state index contributed by atoms with van der Waals surface area (Å²) in [7, 11) is 0. The van der Waals surface area contributed by atoms with Gasteiger partial charge in [-0.1, -0.05) is 23.7 Å². The highest BCUT2D eigenvalue weighted by Crippen LogP contribution is 2.23. The molecule has 24 heavy (non-hydrogen) atoms. The molecule has 1 saturated heterocycles. The van der Waals surface area contributed by atoms with Gasteiger partial charge in [0.2, 0.25) is 0 Å². The van der Waals surface area contributed by atoms with Crippen LogP contribution in [0, 0.1) is 6.92 Å². The predicted molar refractivity (Wildman–Crippen MR) is 94.6 cm³/mol. The molecule has 0 aliphatic carbocycles. The van der Waals surface area contributed by atoms with E-state index in [1.165, 1.54) is 0 Å². The lowest BCUT2D eigenvalue weighted by atomic mass is 10.1. The fraction of sp³-hybridized carbons (Fsp3) is 0.500. The van der Waals surface area contributed by atoms with Gasteiger partial charge in [0.25, 0.3) is 0 Å². The van der Waals surface area contributed by atoms with Gasteiger partial charge in [-0.15, -0.1) is 0 Å². The van der Waals surface area contributed by atoms with E-state index in [1.54, 1.807) is 6.20 Å². The molecule has 3 rings (SSSR count). The number of likely N-dealkylation sites (tertiary alicyclic amines) is 1. The standard InChI is InChI=1S/C18H24ClN3O2/c1-14-3-2-4-18(9-14)24-13-17(23)12-21-7-5-16(6-8-21)22-11-15(19)10-20-22/h2-4,9-11,16-17,23H,5-8,12-13H2,1H3. The largest absolute Gasteiger partial charge is 0.491 e. The Balaban J connectivity index is 1.40. The molecule has 2 aromatic rings. The summed E-state index contributed by atoms with van der Waals surface area (Å²) >= 11 is 5.93. The van der Waals surface area contributed by atoms with Crippen molar-refractivity contribution in [2.75, 3.05) is 26.2 Å². The first-order valence-electron chi connectivity index (χ1n) is 8.39. The number of halogens is 1. The Morgan fingerprint density at radius 1 is 1.38 bits per heavy atom. The minimum absolute atomic E-state index is 0.318. The van der Waals surface area contributed by atoms with E-state index in [1.807, 2.05) is 42.1 Å². The molecule has 1 aromatic heterocycles. The van der Waals surface area contributed by atoms with Crippen molar-refractivity contribution >= 4 is 11.6 Å². The molecule has 1 unspecified atom stereocenters. The first kappa shape index (κ1) is 17.3. The van der Waals surface area contributed by atoms with Crippen LogP contribution in [0.2, 0.25) is 5.02 Å².